The molecule has 2 aromatic heterocycles. The van der Waals surface area contributed by atoms with Gasteiger partial charge in [0.1, 0.15) is 5.75 Å². The molecule has 2 amide bonds. The van der Waals surface area contributed by atoms with E-state index in [0.29, 0.717) is 59.7 Å². The number of benzene rings is 1. The number of nitrogens with one attached hydrogen (secondary N) is 1. The number of hydrogen-bond donors (Lipinski definition) is 1. The minimum absolute atomic E-state index is 0.0777. The van der Waals surface area contributed by atoms with Gasteiger partial charge in [-0.05, 0) is 38.5 Å². The molecule has 2 aliphatic rings. The summed E-state index contributed by atoms with van der Waals surface area (Å²) in [6.07, 6.45) is 6.52. The second-order valence-corrected chi connectivity index (χ2v) is 9.67. The highest BCUT2D eigenvalue weighted by Gasteiger charge is 2.37. The van der Waals surface area contributed by atoms with Crippen molar-refractivity contribution in [1.82, 2.24) is 29.5 Å². The molecular formula is C25H28ClN7O3. The van der Waals surface area contributed by atoms with E-state index in [9.17, 15) is 9.59 Å². The van der Waals surface area contributed by atoms with E-state index >= 15 is 0 Å². The Hall–Kier alpha value is -3.66. The monoisotopic (exact) mass is 509 g/mol. The fourth-order valence-corrected chi connectivity index (χ4v) is 4.85. The van der Waals surface area contributed by atoms with Gasteiger partial charge in [-0.3, -0.25) is 14.3 Å². The fourth-order valence-electron chi connectivity index (χ4n) is 4.65. The Morgan fingerprint density at radius 1 is 1.25 bits per heavy atom. The van der Waals surface area contributed by atoms with Gasteiger partial charge in [-0.15, -0.1) is 0 Å². The Balaban J connectivity index is 1.34. The van der Waals surface area contributed by atoms with Crippen LogP contribution in [-0.2, 0) is 4.79 Å². The predicted octanol–water partition coefficient (Wildman–Crippen LogP) is 3.77. The molecule has 0 bridgehead atoms. The summed E-state index contributed by atoms with van der Waals surface area (Å²) in [5.74, 6) is 0.936. The van der Waals surface area contributed by atoms with Crippen LogP contribution in [0.3, 0.4) is 0 Å². The van der Waals surface area contributed by atoms with Crippen molar-refractivity contribution in [2.45, 2.75) is 38.8 Å². The van der Waals surface area contributed by atoms with E-state index in [-0.39, 0.29) is 23.9 Å². The Bertz CT molecular complexity index is 1310. The van der Waals surface area contributed by atoms with Gasteiger partial charge in [0.25, 0.3) is 5.91 Å². The molecule has 11 heteroatoms. The van der Waals surface area contributed by atoms with Crippen LogP contribution in [0.4, 0.5) is 11.6 Å². The molecule has 4 heterocycles. The third kappa shape index (κ3) is 4.60. The number of halogens is 1. The molecule has 36 heavy (non-hydrogen) atoms. The van der Waals surface area contributed by atoms with Crippen LogP contribution in [0.2, 0.25) is 5.02 Å². The van der Waals surface area contributed by atoms with Gasteiger partial charge in [0.2, 0.25) is 11.9 Å². The summed E-state index contributed by atoms with van der Waals surface area (Å²) in [5.41, 5.74) is 2.49. The Morgan fingerprint density at radius 2 is 2.08 bits per heavy atom. The minimum atomic E-state index is -0.0777. The first-order valence-corrected chi connectivity index (χ1v) is 12.3. The Labute approximate surface area is 214 Å². The molecule has 1 atom stereocenters. The summed E-state index contributed by atoms with van der Waals surface area (Å²) in [6.45, 7) is 5.75. The maximum Gasteiger partial charge on any atom is 0.254 e. The second-order valence-electron chi connectivity index (χ2n) is 9.26. The van der Waals surface area contributed by atoms with Gasteiger partial charge >= 0.3 is 0 Å². The molecule has 0 saturated carbocycles. The van der Waals surface area contributed by atoms with E-state index < -0.39 is 0 Å². The predicted molar refractivity (Wildman–Crippen MR) is 136 cm³/mol. The normalized spacial score (nSPS) is 17.5. The molecule has 3 aromatic rings. The van der Waals surface area contributed by atoms with E-state index in [2.05, 4.69) is 20.4 Å². The van der Waals surface area contributed by atoms with Gasteiger partial charge < -0.3 is 19.9 Å². The molecule has 2 fully saturated rings. The molecule has 0 radical (unpaired) electrons. The Kier molecular flexibility index (Phi) is 6.53. The largest absolute Gasteiger partial charge is 0.495 e. The summed E-state index contributed by atoms with van der Waals surface area (Å²) >= 11 is 6.37. The number of carbonyl (C=O) groups excluding carboxylic acids is 2. The first-order chi connectivity index (χ1) is 17.3. The summed E-state index contributed by atoms with van der Waals surface area (Å²) < 4.78 is 7.40. The van der Waals surface area contributed by atoms with Crippen LogP contribution in [0.15, 0.2) is 36.8 Å². The maximum atomic E-state index is 13.2. The summed E-state index contributed by atoms with van der Waals surface area (Å²) in [6, 6.07) is 5.56. The molecule has 2 aliphatic heterocycles. The number of nitrogens with zero attached hydrogens (tertiary/aromatic N) is 6. The van der Waals surface area contributed by atoms with Crippen molar-refractivity contribution in [1.29, 1.82) is 0 Å². The van der Waals surface area contributed by atoms with Crippen molar-refractivity contribution in [2.75, 3.05) is 32.1 Å². The van der Waals surface area contributed by atoms with E-state index in [1.807, 2.05) is 34.5 Å². The van der Waals surface area contributed by atoms with Crippen LogP contribution in [0.25, 0.3) is 11.3 Å². The third-order valence-electron chi connectivity index (χ3n) is 6.62. The van der Waals surface area contributed by atoms with Crippen molar-refractivity contribution < 1.29 is 14.3 Å². The number of hydrogen-bond acceptors (Lipinski definition) is 7. The molecule has 10 nitrogen and oxygen atoms in total. The number of rotatable bonds is 6. The Morgan fingerprint density at radius 3 is 2.83 bits per heavy atom. The van der Waals surface area contributed by atoms with Crippen molar-refractivity contribution in [2.24, 2.45) is 0 Å². The van der Waals surface area contributed by atoms with Crippen LogP contribution in [0, 0.1) is 0 Å². The SMILES string of the molecule is COc1cc(C(=O)N2CCN3C(=O)CCC3C2)ccc1Nc1ncc(Cl)c(-c2cnn(C(C)C)c2)n1. The molecule has 1 aromatic carbocycles. The molecule has 2 saturated heterocycles. The van der Waals surface area contributed by atoms with E-state index in [0.717, 1.165) is 12.0 Å². The molecule has 0 aliphatic carbocycles. The number of methoxy groups -OCH3 is 1. The standard InChI is InChI=1S/C25H28ClN7O3/c1-15(2)33-13-17(11-28-33)23-19(26)12-27-25(30-23)29-20-6-4-16(10-21(20)36-3)24(35)31-8-9-32-18(14-31)5-7-22(32)34/h4,6,10-13,15,18H,5,7-9,14H2,1-3H3,(H,27,29,30). The lowest BCUT2D eigenvalue weighted by Crippen LogP contribution is -2.53. The smallest absolute Gasteiger partial charge is 0.254 e. The molecule has 1 unspecified atom stereocenters. The summed E-state index contributed by atoms with van der Waals surface area (Å²) in [4.78, 5) is 37.7. The lowest BCUT2D eigenvalue weighted by atomic mass is 10.1. The maximum absolute atomic E-state index is 13.2. The number of ether oxygens (including phenoxy) is 1. The quantitative estimate of drug-likeness (QED) is 0.539. The van der Waals surface area contributed by atoms with Gasteiger partial charge in [-0.25, -0.2) is 9.97 Å². The van der Waals surface area contributed by atoms with Crippen LogP contribution in [0.1, 0.15) is 43.1 Å². The zero-order valence-corrected chi connectivity index (χ0v) is 21.2. The minimum Gasteiger partial charge on any atom is -0.495 e. The average molecular weight is 510 g/mol. The van der Waals surface area contributed by atoms with Gasteiger partial charge in [-0.1, -0.05) is 11.6 Å². The highest BCUT2D eigenvalue weighted by molar-refractivity contribution is 6.32. The van der Waals surface area contributed by atoms with Crippen LogP contribution < -0.4 is 10.1 Å². The third-order valence-corrected chi connectivity index (χ3v) is 6.90. The number of aromatic nitrogens is 4. The molecule has 5 rings (SSSR count). The molecule has 188 valence electrons. The fraction of sp³-hybridized carbons (Fsp3) is 0.400. The number of fused-ring (bicyclic) bond motifs is 1. The van der Waals surface area contributed by atoms with Crippen molar-refractivity contribution in [3.63, 3.8) is 0 Å². The summed E-state index contributed by atoms with van der Waals surface area (Å²) in [5, 5.41) is 7.95. The molecular weight excluding hydrogens is 482 g/mol. The van der Waals surface area contributed by atoms with Crippen molar-refractivity contribution in [3.05, 3.63) is 47.4 Å². The lowest BCUT2D eigenvalue weighted by Gasteiger charge is -2.37. The van der Waals surface area contributed by atoms with E-state index in [1.54, 1.807) is 31.5 Å². The zero-order valence-electron chi connectivity index (χ0n) is 20.4. The van der Waals surface area contributed by atoms with Crippen molar-refractivity contribution >= 4 is 35.1 Å². The highest BCUT2D eigenvalue weighted by atomic mass is 35.5. The molecule has 1 N–H and O–H groups in total. The van der Waals surface area contributed by atoms with Crippen LogP contribution in [0.5, 0.6) is 5.75 Å². The first kappa shape index (κ1) is 24.1. The van der Waals surface area contributed by atoms with Gasteiger partial charge in [0.15, 0.2) is 0 Å². The first-order valence-electron chi connectivity index (χ1n) is 11.9. The number of piperazine rings is 1. The van der Waals surface area contributed by atoms with Gasteiger partial charge in [0, 0.05) is 55.5 Å². The average Bonchev–Trinajstić information content (AvgIpc) is 3.52. The topological polar surface area (TPSA) is 105 Å². The number of amides is 2. The lowest BCUT2D eigenvalue weighted by molar-refractivity contribution is -0.130. The number of carbonyl (C=O) groups is 2. The van der Waals surface area contributed by atoms with Gasteiger partial charge in [0.05, 0.1) is 35.9 Å². The number of anilines is 2. The highest BCUT2D eigenvalue weighted by Crippen LogP contribution is 2.32. The van der Waals surface area contributed by atoms with Crippen LogP contribution >= 0.6 is 11.6 Å². The summed E-state index contributed by atoms with van der Waals surface area (Å²) in [7, 11) is 1.55. The zero-order chi connectivity index (χ0) is 25.4. The van der Waals surface area contributed by atoms with Gasteiger partial charge in [-0.2, -0.15) is 5.10 Å². The second kappa shape index (κ2) is 9.77. The van der Waals surface area contributed by atoms with Crippen molar-refractivity contribution in [3.8, 4) is 17.0 Å². The van der Waals surface area contributed by atoms with Crippen LogP contribution in [-0.4, -0.2) is 74.1 Å². The van der Waals surface area contributed by atoms with E-state index in [1.165, 1.54) is 6.20 Å². The molecule has 0 spiro atoms. The van der Waals surface area contributed by atoms with E-state index in [4.69, 9.17) is 16.3 Å².